The Balaban J connectivity index is 1.56. The van der Waals surface area contributed by atoms with Crippen LogP contribution in [0.4, 0.5) is 5.69 Å². The summed E-state index contributed by atoms with van der Waals surface area (Å²) in [6.07, 6.45) is 1.07. The molecule has 1 aliphatic rings. The van der Waals surface area contributed by atoms with Crippen molar-refractivity contribution < 1.29 is 14.4 Å². The highest BCUT2D eigenvalue weighted by Gasteiger charge is 2.30. The van der Waals surface area contributed by atoms with Crippen molar-refractivity contribution in [3.63, 3.8) is 0 Å². The molecule has 0 radical (unpaired) electrons. The van der Waals surface area contributed by atoms with Crippen LogP contribution < -0.4 is 5.06 Å². The highest BCUT2D eigenvalue weighted by Crippen LogP contribution is 2.24. The van der Waals surface area contributed by atoms with Crippen molar-refractivity contribution in [1.82, 2.24) is 4.90 Å². The van der Waals surface area contributed by atoms with Crippen molar-refractivity contribution >= 4 is 11.6 Å². The van der Waals surface area contributed by atoms with E-state index >= 15 is 0 Å². The lowest BCUT2D eigenvalue weighted by Gasteiger charge is -2.38. The maximum atomic E-state index is 12.0. The van der Waals surface area contributed by atoms with Crippen LogP contribution in [0.1, 0.15) is 18.9 Å². The molecule has 0 saturated carbocycles. The molecule has 0 spiro atoms. The van der Waals surface area contributed by atoms with Gasteiger partial charge < -0.3 is 4.74 Å². The third-order valence-corrected chi connectivity index (χ3v) is 5.03. The Bertz CT molecular complexity index is 708. The first-order valence-corrected chi connectivity index (χ1v) is 9.45. The average Bonchev–Trinajstić information content (AvgIpc) is 2.70. The number of methoxy groups -OCH3 is 1. The Morgan fingerprint density at radius 2 is 1.78 bits per heavy atom. The minimum Gasteiger partial charge on any atom is -0.380 e. The molecule has 0 aliphatic carbocycles. The lowest BCUT2D eigenvalue weighted by Crippen LogP contribution is -2.46. The number of piperidine rings is 1. The standard InChI is InChI=1S/C22H28N2O3/c1-18(25)24(21-11-7-4-8-12-21)27-17-20-13-14-23(16-22(20)26-2)15-19-9-5-3-6-10-19/h3-12,20,22H,13-17H2,1-2H3/t20-,22-/m0/s1. The second kappa shape index (κ2) is 9.65. The Kier molecular flexibility index (Phi) is 6.98. The highest BCUT2D eigenvalue weighted by molar-refractivity contribution is 5.89. The highest BCUT2D eigenvalue weighted by atomic mass is 16.7. The summed E-state index contributed by atoms with van der Waals surface area (Å²) in [5.74, 6) is 0.129. The lowest BCUT2D eigenvalue weighted by molar-refractivity contribution is -0.126. The predicted molar refractivity (Wildman–Crippen MR) is 106 cm³/mol. The van der Waals surface area contributed by atoms with E-state index < -0.39 is 0 Å². The van der Waals surface area contributed by atoms with E-state index in [4.69, 9.17) is 9.57 Å². The first-order chi connectivity index (χ1) is 13.2. The topological polar surface area (TPSA) is 42.0 Å². The Hall–Kier alpha value is -2.21. The van der Waals surface area contributed by atoms with Gasteiger partial charge in [-0.3, -0.25) is 14.5 Å². The molecular weight excluding hydrogens is 340 g/mol. The fraction of sp³-hybridized carbons (Fsp3) is 0.409. The van der Waals surface area contributed by atoms with E-state index in [0.717, 1.165) is 31.7 Å². The largest absolute Gasteiger partial charge is 0.380 e. The Labute approximate surface area is 161 Å². The number of carbonyl (C=O) groups is 1. The number of hydrogen-bond acceptors (Lipinski definition) is 4. The number of ether oxygens (including phenoxy) is 1. The van der Waals surface area contributed by atoms with Gasteiger partial charge >= 0.3 is 0 Å². The molecule has 1 heterocycles. The zero-order valence-corrected chi connectivity index (χ0v) is 16.1. The van der Waals surface area contributed by atoms with Crippen molar-refractivity contribution in [1.29, 1.82) is 0 Å². The van der Waals surface area contributed by atoms with E-state index in [-0.39, 0.29) is 17.9 Å². The lowest BCUT2D eigenvalue weighted by atomic mass is 9.94. The van der Waals surface area contributed by atoms with Gasteiger partial charge in [-0.1, -0.05) is 48.5 Å². The number of para-hydroxylation sites is 1. The molecule has 144 valence electrons. The number of nitrogens with zero attached hydrogens (tertiary/aromatic N) is 2. The van der Waals surface area contributed by atoms with Crippen molar-refractivity contribution in [3.05, 3.63) is 66.2 Å². The van der Waals surface area contributed by atoms with E-state index in [2.05, 4.69) is 29.2 Å². The number of hydroxylamine groups is 1. The van der Waals surface area contributed by atoms with Crippen LogP contribution in [0.15, 0.2) is 60.7 Å². The number of rotatable bonds is 7. The van der Waals surface area contributed by atoms with Gasteiger partial charge in [0.05, 0.1) is 18.4 Å². The van der Waals surface area contributed by atoms with Gasteiger partial charge in [0, 0.05) is 33.0 Å². The quantitative estimate of drug-likeness (QED) is 0.702. The van der Waals surface area contributed by atoms with Crippen LogP contribution in [0.25, 0.3) is 0 Å². The molecule has 1 amide bonds. The third kappa shape index (κ3) is 5.39. The summed E-state index contributed by atoms with van der Waals surface area (Å²) < 4.78 is 5.75. The summed E-state index contributed by atoms with van der Waals surface area (Å²) in [5.41, 5.74) is 2.06. The van der Waals surface area contributed by atoms with Gasteiger partial charge in [0.15, 0.2) is 0 Å². The number of hydrogen-bond donors (Lipinski definition) is 0. The van der Waals surface area contributed by atoms with Gasteiger partial charge in [-0.25, -0.2) is 0 Å². The van der Waals surface area contributed by atoms with Crippen molar-refractivity contribution in [3.8, 4) is 0 Å². The smallest absolute Gasteiger partial charge is 0.247 e. The van der Waals surface area contributed by atoms with Crippen LogP contribution >= 0.6 is 0 Å². The Morgan fingerprint density at radius 1 is 1.11 bits per heavy atom. The maximum Gasteiger partial charge on any atom is 0.247 e. The summed E-state index contributed by atoms with van der Waals surface area (Å²) in [7, 11) is 1.75. The van der Waals surface area contributed by atoms with Gasteiger partial charge in [-0.2, -0.15) is 5.06 Å². The molecule has 0 N–H and O–H groups in total. The average molecular weight is 368 g/mol. The van der Waals surface area contributed by atoms with Crippen LogP contribution in [-0.2, 0) is 20.9 Å². The minimum absolute atomic E-state index is 0.0899. The molecule has 5 heteroatoms. The monoisotopic (exact) mass is 368 g/mol. The molecule has 0 bridgehead atoms. The van der Waals surface area contributed by atoms with E-state index in [9.17, 15) is 4.79 Å². The molecule has 1 aliphatic heterocycles. The molecule has 3 rings (SSSR count). The SMILES string of the molecule is CO[C@H]1CN(Cc2ccccc2)CC[C@H]1CON(C(C)=O)c1ccccc1. The van der Waals surface area contributed by atoms with E-state index in [1.54, 1.807) is 7.11 Å². The van der Waals surface area contributed by atoms with Crippen molar-refractivity contribution in [2.24, 2.45) is 5.92 Å². The van der Waals surface area contributed by atoms with Gasteiger partial charge in [0.25, 0.3) is 0 Å². The summed E-state index contributed by atoms with van der Waals surface area (Å²) in [4.78, 5) is 20.3. The molecular formula is C22H28N2O3. The van der Waals surface area contributed by atoms with E-state index in [0.29, 0.717) is 6.61 Å². The second-order valence-electron chi connectivity index (χ2n) is 6.99. The minimum atomic E-state index is -0.128. The summed E-state index contributed by atoms with van der Waals surface area (Å²) >= 11 is 0. The number of benzene rings is 2. The molecule has 1 saturated heterocycles. The van der Waals surface area contributed by atoms with Crippen LogP contribution in [-0.4, -0.2) is 43.7 Å². The molecule has 1 fully saturated rings. The van der Waals surface area contributed by atoms with Gasteiger partial charge in [0.2, 0.25) is 5.91 Å². The second-order valence-corrected chi connectivity index (χ2v) is 6.99. The predicted octanol–water partition coefficient (Wildman–Crippen LogP) is 3.51. The molecule has 0 unspecified atom stereocenters. The van der Waals surface area contributed by atoms with Crippen LogP contribution in [0.5, 0.6) is 0 Å². The van der Waals surface area contributed by atoms with Crippen molar-refractivity contribution in [2.75, 3.05) is 31.9 Å². The first-order valence-electron chi connectivity index (χ1n) is 9.45. The molecule has 5 nitrogen and oxygen atoms in total. The number of amides is 1. The fourth-order valence-electron chi connectivity index (χ4n) is 3.55. The third-order valence-electron chi connectivity index (χ3n) is 5.03. The van der Waals surface area contributed by atoms with E-state index in [1.165, 1.54) is 17.6 Å². The molecule has 2 aromatic carbocycles. The van der Waals surface area contributed by atoms with Crippen LogP contribution in [0.3, 0.4) is 0 Å². The van der Waals surface area contributed by atoms with Crippen LogP contribution in [0, 0.1) is 5.92 Å². The van der Waals surface area contributed by atoms with Crippen LogP contribution in [0.2, 0.25) is 0 Å². The zero-order chi connectivity index (χ0) is 19.1. The van der Waals surface area contributed by atoms with Gasteiger partial charge in [-0.05, 0) is 30.7 Å². The number of carbonyl (C=O) groups excluding carboxylic acids is 1. The van der Waals surface area contributed by atoms with Crippen molar-refractivity contribution in [2.45, 2.75) is 26.0 Å². The number of anilines is 1. The molecule has 0 aromatic heterocycles. The maximum absolute atomic E-state index is 12.0. The summed E-state index contributed by atoms with van der Waals surface area (Å²) in [6, 6.07) is 20.0. The zero-order valence-electron chi connectivity index (χ0n) is 16.1. The Morgan fingerprint density at radius 3 is 2.41 bits per heavy atom. The normalized spacial score (nSPS) is 20.4. The summed E-state index contributed by atoms with van der Waals surface area (Å²) in [5, 5.41) is 1.38. The van der Waals surface area contributed by atoms with Gasteiger partial charge in [0.1, 0.15) is 0 Å². The van der Waals surface area contributed by atoms with Gasteiger partial charge in [-0.15, -0.1) is 0 Å². The summed E-state index contributed by atoms with van der Waals surface area (Å²) in [6.45, 7) is 4.77. The molecule has 27 heavy (non-hydrogen) atoms. The number of likely N-dealkylation sites (tertiary alicyclic amines) is 1. The fourth-order valence-corrected chi connectivity index (χ4v) is 3.55. The molecule has 2 atom stereocenters. The van der Waals surface area contributed by atoms with E-state index in [1.807, 2.05) is 36.4 Å². The first kappa shape index (κ1) is 19.5. The molecule has 2 aromatic rings.